The van der Waals surface area contributed by atoms with Crippen molar-refractivity contribution in [1.29, 1.82) is 0 Å². The quantitative estimate of drug-likeness (QED) is 0.627. The normalized spacial score (nSPS) is 12.2. The van der Waals surface area contributed by atoms with E-state index in [-0.39, 0.29) is 17.5 Å². The van der Waals surface area contributed by atoms with Gasteiger partial charge in [-0.25, -0.2) is 17.6 Å². The van der Waals surface area contributed by atoms with Crippen molar-refractivity contribution < 1.29 is 17.6 Å². The summed E-state index contributed by atoms with van der Waals surface area (Å²) in [5.74, 6) is -4.35. The van der Waals surface area contributed by atoms with Gasteiger partial charge in [0.15, 0.2) is 17.5 Å². The molecule has 0 saturated carbocycles. The summed E-state index contributed by atoms with van der Waals surface area (Å²) < 4.78 is 52.0. The van der Waals surface area contributed by atoms with Crippen LogP contribution < -0.4 is 5.32 Å². The van der Waals surface area contributed by atoms with Crippen LogP contribution in [0.25, 0.3) is 0 Å². The van der Waals surface area contributed by atoms with E-state index in [2.05, 4.69) is 5.32 Å². The van der Waals surface area contributed by atoms with E-state index in [9.17, 15) is 17.6 Å². The highest BCUT2D eigenvalue weighted by Gasteiger charge is 2.14. The monoisotopic (exact) mass is 283 g/mol. The van der Waals surface area contributed by atoms with E-state index in [1.807, 2.05) is 6.92 Å². The average Bonchev–Trinajstić information content (AvgIpc) is 2.43. The average molecular weight is 283 g/mol. The summed E-state index contributed by atoms with van der Waals surface area (Å²) in [4.78, 5) is 0. The number of halogens is 4. The van der Waals surface area contributed by atoms with Crippen LogP contribution in [0.2, 0.25) is 0 Å². The third kappa shape index (κ3) is 3.10. The van der Waals surface area contributed by atoms with Crippen molar-refractivity contribution in [3.05, 3.63) is 65.2 Å². The van der Waals surface area contributed by atoms with Gasteiger partial charge in [0.25, 0.3) is 0 Å². The Bertz CT molecular complexity index is 572. The van der Waals surface area contributed by atoms with E-state index in [4.69, 9.17) is 0 Å². The van der Waals surface area contributed by atoms with Gasteiger partial charge in [0.1, 0.15) is 5.82 Å². The molecule has 0 radical (unpaired) electrons. The molecule has 2 aromatic rings. The molecule has 106 valence electrons. The Morgan fingerprint density at radius 2 is 1.50 bits per heavy atom. The molecule has 2 aromatic carbocycles. The second-order valence-corrected chi connectivity index (χ2v) is 4.41. The minimum atomic E-state index is -1.50. The van der Waals surface area contributed by atoms with Crippen LogP contribution in [0.15, 0.2) is 36.4 Å². The Morgan fingerprint density at radius 1 is 0.950 bits per heavy atom. The minimum absolute atomic E-state index is 0.137. The van der Waals surface area contributed by atoms with Gasteiger partial charge in [-0.3, -0.25) is 0 Å². The van der Waals surface area contributed by atoms with E-state index in [1.54, 1.807) is 12.1 Å². The third-order valence-electron chi connectivity index (χ3n) is 3.01. The van der Waals surface area contributed by atoms with Crippen LogP contribution in [0.3, 0.4) is 0 Å². The highest BCUT2D eigenvalue weighted by molar-refractivity contribution is 5.46. The van der Waals surface area contributed by atoms with Gasteiger partial charge in [-0.1, -0.05) is 19.1 Å². The molecule has 0 aliphatic carbocycles. The van der Waals surface area contributed by atoms with E-state index in [1.165, 1.54) is 12.1 Å². The molecule has 0 bridgehead atoms. The van der Waals surface area contributed by atoms with Crippen LogP contribution in [-0.2, 0) is 0 Å². The highest BCUT2D eigenvalue weighted by atomic mass is 19.2. The van der Waals surface area contributed by atoms with Crippen LogP contribution >= 0.6 is 0 Å². The van der Waals surface area contributed by atoms with Gasteiger partial charge in [0, 0.05) is 17.8 Å². The predicted molar refractivity (Wildman–Crippen MR) is 69.4 cm³/mol. The lowest BCUT2D eigenvalue weighted by atomic mass is 10.0. The number of hydrogen-bond acceptors (Lipinski definition) is 1. The Morgan fingerprint density at radius 3 is 2.00 bits per heavy atom. The standard InChI is InChI=1S/C15H13F4N/c1-2-14(9-3-5-10(16)6-4-9)20-11-7-12(17)15(19)13(18)8-11/h3-8,14,20H,2H2,1H3. The Kier molecular flexibility index (Phi) is 4.27. The van der Waals surface area contributed by atoms with Crippen molar-refractivity contribution in [2.45, 2.75) is 19.4 Å². The van der Waals surface area contributed by atoms with E-state index in [0.29, 0.717) is 6.42 Å². The van der Waals surface area contributed by atoms with Crippen molar-refractivity contribution >= 4 is 5.69 Å². The summed E-state index contributed by atoms with van der Waals surface area (Å²) in [6.45, 7) is 1.87. The van der Waals surface area contributed by atoms with Gasteiger partial charge >= 0.3 is 0 Å². The lowest BCUT2D eigenvalue weighted by Gasteiger charge is -2.19. The fourth-order valence-electron chi connectivity index (χ4n) is 1.96. The van der Waals surface area contributed by atoms with Crippen molar-refractivity contribution in [2.75, 3.05) is 5.32 Å². The van der Waals surface area contributed by atoms with Gasteiger partial charge in [0.05, 0.1) is 6.04 Å². The van der Waals surface area contributed by atoms with E-state index < -0.39 is 17.5 Å². The molecule has 0 spiro atoms. The van der Waals surface area contributed by atoms with Crippen LogP contribution in [-0.4, -0.2) is 0 Å². The number of nitrogens with one attached hydrogen (secondary N) is 1. The summed E-state index contributed by atoms with van der Waals surface area (Å²) >= 11 is 0. The molecule has 1 N–H and O–H groups in total. The smallest absolute Gasteiger partial charge is 0.194 e. The SMILES string of the molecule is CCC(Nc1cc(F)c(F)c(F)c1)c1ccc(F)cc1. The summed E-state index contributed by atoms with van der Waals surface area (Å²) in [6.07, 6.45) is 0.617. The van der Waals surface area contributed by atoms with Crippen LogP contribution in [0.1, 0.15) is 24.9 Å². The number of rotatable bonds is 4. The highest BCUT2D eigenvalue weighted by Crippen LogP contribution is 2.25. The zero-order chi connectivity index (χ0) is 14.7. The molecule has 0 fully saturated rings. The summed E-state index contributed by atoms with van der Waals surface area (Å²) in [6, 6.07) is 7.34. The molecule has 1 nitrogen and oxygen atoms in total. The molecule has 0 aliphatic rings. The largest absolute Gasteiger partial charge is 0.378 e. The van der Waals surface area contributed by atoms with Crippen molar-refractivity contribution in [3.8, 4) is 0 Å². The van der Waals surface area contributed by atoms with Gasteiger partial charge in [-0.15, -0.1) is 0 Å². The summed E-state index contributed by atoms with van der Waals surface area (Å²) in [5, 5.41) is 2.90. The van der Waals surface area contributed by atoms with E-state index >= 15 is 0 Å². The molecule has 2 rings (SSSR count). The van der Waals surface area contributed by atoms with Crippen molar-refractivity contribution in [3.63, 3.8) is 0 Å². The molecule has 0 heterocycles. The maximum absolute atomic E-state index is 13.1. The van der Waals surface area contributed by atoms with Gasteiger partial charge in [0.2, 0.25) is 0 Å². The van der Waals surface area contributed by atoms with Gasteiger partial charge in [-0.05, 0) is 24.1 Å². The predicted octanol–water partition coefficient (Wildman–Crippen LogP) is 4.81. The fraction of sp³-hybridized carbons (Fsp3) is 0.200. The van der Waals surface area contributed by atoms with Gasteiger partial charge in [-0.2, -0.15) is 0 Å². The third-order valence-corrected chi connectivity index (χ3v) is 3.01. The molecule has 20 heavy (non-hydrogen) atoms. The topological polar surface area (TPSA) is 12.0 Å². The molecule has 1 atom stereocenters. The molecule has 0 aliphatic heterocycles. The molecule has 0 aromatic heterocycles. The molecular formula is C15H13F4N. The van der Waals surface area contributed by atoms with Crippen molar-refractivity contribution in [2.24, 2.45) is 0 Å². The minimum Gasteiger partial charge on any atom is -0.378 e. The van der Waals surface area contributed by atoms with Crippen LogP contribution in [0.4, 0.5) is 23.2 Å². The maximum atomic E-state index is 13.1. The molecule has 5 heteroatoms. The zero-order valence-corrected chi connectivity index (χ0v) is 10.8. The van der Waals surface area contributed by atoms with Crippen molar-refractivity contribution in [1.82, 2.24) is 0 Å². The van der Waals surface area contributed by atoms with E-state index in [0.717, 1.165) is 17.7 Å². The molecule has 0 saturated heterocycles. The Balaban J connectivity index is 2.24. The Labute approximate surface area is 114 Å². The summed E-state index contributed by atoms with van der Waals surface area (Å²) in [5.41, 5.74) is 0.914. The zero-order valence-electron chi connectivity index (χ0n) is 10.8. The number of anilines is 1. The maximum Gasteiger partial charge on any atom is 0.194 e. The fourth-order valence-corrected chi connectivity index (χ4v) is 1.96. The van der Waals surface area contributed by atoms with Crippen LogP contribution in [0.5, 0.6) is 0 Å². The first-order valence-corrected chi connectivity index (χ1v) is 6.17. The second-order valence-electron chi connectivity index (χ2n) is 4.41. The number of hydrogen-bond donors (Lipinski definition) is 1. The van der Waals surface area contributed by atoms with Crippen LogP contribution in [0, 0.1) is 23.3 Å². The first-order valence-electron chi connectivity index (χ1n) is 6.17. The van der Waals surface area contributed by atoms with Gasteiger partial charge < -0.3 is 5.32 Å². The Hall–Kier alpha value is -2.04. The number of benzene rings is 2. The summed E-state index contributed by atoms with van der Waals surface area (Å²) in [7, 11) is 0. The first kappa shape index (κ1) is 14.4. The lowest BCUT2D eigenvalue weighted by molar-refractivity contribution is 0.447. The molecule has 1 unspecified atom stereocenters. The second kappa shape index (κ2) is 5.94. The first-order chi connectivity index (χ1) is 9.51. The molecular weight excluding hydrogens is 270 g/mol. The lowest BCUT2D eigenvalue weighted by Crippen LogP contribution is -2.10. The molecule has 0 amide bonds.